The largest absolute Gasteiger partial charge is 0.497 e. The van der Waals surface area contributed by atoms with Gasteiger partial charge in [-0.15, -0.1) is 0 Å². The van der Waals surface area contributed by atoms with Crippen molar-refractivity contribution in [2.75, 3.05) is 14.2 Å². The molecule has 3 heterocycles. The summed E-state index contributed by atoms with van der Waals surface area (Å²) in [6.45, 7) is 1.99. The number of rotatable bonds is 4. The molecule has 0 bridgehead atoms. The Morgan fingerprint density at radius 1 is 0.971 bits per heavy atom. The number of nitrogens with one attached hydrogen (secondary N) is 1. The lowest BCUT2D eigenvalue weighted by Gasteiger charge is -2.26. The number of aromatic hydroxyl groups is 1. The van der Waals surface area contributed by atoms with Gasteiger partial charge in [0.05, 0.1) is 25.6 Å². The molecule has 2 aromatic heterocycles. The first kappa shape index (κ1) is 21.6. The minimum atomic E-state index is -0.217. The van der Waals surface area contributed by atoms with Crippen LogP contribution in [-0.2, 0) is 6.42 Å². The van der Waals surface area contributed by atoms with Gasteiger partial charge < -0.3 is 24.1 Å². The van der Waals surface area contributed by atoms with Crippen LogP contribution in [0.3, 0.4) is 0 Å². The van der Waals surface area contributed by atoms with Gasteiger partial charge in [0.2, 0.25) is 5.88 Å². The van der Waals surface area contributed by atoms with Crippen LogP contribution in [0.5, 0.6) is 17.4 Å². The van der Waals surface area contributed by atoms with Gasteiger partial charge in [0, 0.05) is 23.0 Å². The number of para-hydroxylation sites is 1. The van der Waals surface area contributed by atoms with Crippen molar-refractivity contribution < 1.29 is 14.6 Å². The number of H-pyrrole nitrogens is 1. The third-order valence-electron chi connectivity index (χ3n) is 6.96. The number of nitrogens with zero attached hydrogens (tertiary/aromatic N) is 2. The maximum atomic E-state index is 11.6. The lowest BCUT2D eigenvalue weighted by Crippen LogP contribution is -2.21. The zero-order valence-electron chi connectivity index (χ0n) is 19.7. The second-order valence-corrected chi connectivity index (χ2v) is 9.19. The summed E-state index contributed by atoms with van der Waals surface area (Å²) in [6, 6.07) is 21.9. The van der Waals surface area contributed by atoms with Crippen LogP contribution >= 0.6 is 12.2 Å². The van der Waals surface area contributed by atoms with Crippen LogP contribution in [0, 0.1) is 11.7 Å². The van der Waals surface area contributed by atoms with Crippen LogP contribution in [0.15, 0.2) is 66.7 Å². The Balaban J connectivity index is 1.63. The number of ether oxygens (including phenoxy) is 2. The fourth-order valence-electron chi connectivity index (χ4n) is 5.25. The fraction of sp³-hybridized carbons (Fsp3) is 0.179. The van der Waals surface area contributed by atoms with E-state index in [4.69, 9.17) is 21.7 Å². The Morgan fingerprint density at radius 3 is 2.40 bits per heavy atom. The van der Waals surface area contributed by atoms with E-state index >= 15 is 0 Å². The predicted molar refractivity (Wildman–Crippen MR) is 139 cm³/mol. The molecule has 0 saturated heterocycles. The number of aromatic nitrogens is 3. The quantitative estimate of drug-likeness (QED) is 0.299. The maximum Gasteiger partial charge on any atom is 0.218 e. The van der Waals surface area contributed by atoms with E-state index in [1.165, 1.54) is 5.56 Å². The fourth-order valence-corrected chi connectivity index (χ4v) is 5.65. The predicted octanol–water partition coefficient (Wildman–Crippen LogP) is 6.06. The molecule has 0 fully saturated rings. The first-order valence-electron chi connectivity index (χ1n) is 11.4. The molecule has 1 atom stereocenters. The standard InChI is InChI=1S/C28H25N3O3S/c1-16-14-19(34-3)12-13-23(16)31-27(32)24-15-21-20-6-4-5-7-22(20)29-25(21)26(30(24)28(31)35)17-8-10-18(33-2)11-9-17/h4-14,26,29,32H,15H2,1-3H3. The number of methoxy groups -OCH3 is 2. The van der Waals surface area contributed by atoms with E-state index in [0.717, 1.165) is 50.6 Å². The summed E-state index contributed by atoms with van der Waals surface area (Å²) in [7, 11) is 3.31. The van der Waals surface area contributed by atoms with Crippen LogP contribution in [0.2, 0.25) is 0 Å². The Hall–Kier alpha value is -3.97. The van der Waals surface area contributed by atoms with Crippen LogP contribution in [0.1, 0.15) is 34.1 Å². The van der Waals surface area contributed by atoms with Gasteiger partial charge in [-0.2, -0.15) is 0 Å². The van der Waals surface area contributed by atoms with Crippen LogP contribution in [-0.4, -0.2) is 33.4 Å². The second kappa shape index (κ2) is 8.06. The Labute approximate surface area is 208 Å². The van der Waals surface area contributed by atoms with E-state index in [2.05, 4.69) is 33.8 Å². The van der Waals surface area contributed by atoms with E-state index in [-0.39, 0.29) is 11.9 Å². The molecule has 35 heavy (non-hydrogen) atoms. The van der Waals surface area contributed by atoms with Gasteiger partial charge in [0.15, 0.2) is 4.77 Å². The highest BCUT2D eigenvalue weighted by Gasteiger charge is 2.34. The maximum absolute atomic E-state index is 11.6. The molecule has 1 aliphatic heterocycles. The topological polar surface area (TPSA) is 64.3 Å². The number of aryl methyl sites for hydroxylation is 1. The molecule has 2 N–H and O–H groups in total. The average molecular weight is 484 g/mol. The highest BCUT2D eigenvalue weighted by atomic mass is 32.1. The van der Waals surface area contributed by atoms with E-state index in [9.17, 15) is 5.11 Å². The van der Waals surface area contributed by atoms with E-state index in [0.29, 0.717) is 11.2 Å². The first-order valence-corrected chi connectivity index (χ1v) is 11.9. The zero-order valence-corrected chi connectivity index (χ0v) is 20.5. The van der Waals surface area contributed by atoms with Gasteiger partial charge in [-0.25, -0.2) is 0 Å². The van der Waals surface area contributed by atoms with Gasteiger partial charge >= 0.3 is 0 Å². The molecule has 5 aromatic rings. The summed E-state index contributed by atoms with van der Waals surface area (Å²) in [5.41, 5.74) is 6.98. The summed E-state index contributed by atoms with van der Waals surface area (Å²) in [4.78, 5) is 3.65. The number of hydrogen-bond acceptors (Lipinski definition) is 4. The molecule has 6 nitrogen and oxygen atoms in total. The monoisotopic (exact) mass is 483 g/mol. The Kier molecular flexibility index (Phi) is 4.96. The molecule has 6 rings (SSSR count). The molecule has 0 saturated carbocycles. The van der Waals surface area contributed by atoms with Crippen LogP contribution < -0.4 is 9.47 Å². The van der Waals surface area contributed by atoms with Gasteiger partial charge in [-0.1, -0.05) is 30.3 Å². The number of benzene rings is 3. The Bertz CT molecular complexity index is 1640. The van der Waals surface area contributed by atoms with Crippen LogP contribution in [0.25, 0.3) is 16.6 Å². The zero-order chi connectivity index (χ0) is 24.3. The molecule has 0 spiro atoms. The summed E-state index contributed by atoms with van der Waals surface area (Å²) >= 11 is 6.03. The molecule has 7 heteroatoms. The summed E-state index contributed by atoms with van der Waals surface area (Å²) in [5, 5.41) is 12.7. The number of hydrogen-bond donors (Lipinski definition) is 2. The van der Waals surface area contributed by atoms with Crippen molar-refractivity contribution in [1.29, 1.82) is 0 Å². The van der Waals surface area contributed by atoms with Crippen molar-refractivity contribution in [1.82, 2.24) is 14.1 Å². The average Bonchev–Trinajstić information content (AvgIpc) is 3.37. The normalized spacial score (nSPS) is 14.5. The molecule has 1 unspecified atom stereocenters. The lowest BCUT2D eigenvalue weighted by atomic mass is 9.93. The van der Waals surface area contributed by atoms with E-state index in [1.54, 1.807) is 18.8 Å². The first-order chi connectivity index (χ1) is 17.0. The van der Waals surface area contributed by atoms with Crippen LogP contribution in [0.4, 0.5) is 0 Å². The molecular formula is C28H25N3O3S. The number of fused-ring (bicyclic) bond motifs is 4. The van der Waals surface area contributed by atoms with Crippen molar-refractivity contribution in [3.63, 3.8) is 0 Å². The second-order valence-electron chi connectivity index (χ2n) is 8.83. The van der Waals surface area contributed by atoms with Crippen molar-refractivity contribution in [3.8, 4) is 23.1 Å². The van der Waals surface area contributed by atoms with E-state index in [1.807, 2.05) is 49.4 Å². The van der Waals surface area contributed by atoms with E-state index < -0.39 is 0 Å². The van der Waals surface area contributed by atoms with Crippen molar-refractivity contribution in [3.05, 3.63) is 99.6 Å². The summed E-state index contributed by atoms with van der Waals surface area (Å²) in [6.07, 6.45) is 0.573. The van der Waals surface area contributed by atoms with Crippen molar-refractivity contribution in [2.45, 2.75) is 19.4 Å². The minimum Gasteiger partial charge on any atom is -0.497 e. The molecule has 3 aromatic carbocycles. The SMILES string of the molecule is COc1ccc(C2c3[nH]c4ccccc4c3Cc3c(O)n(-c4ccc(OC)cc4C)c(=S)n32)cc1. The Morgan fingerprint density at radius 2 is 1.69 bits per heavy atom. The summed E-state index contributed by atoms with van der Waals surface area (Å²) in [5.74, 6) is 1.72. The van der Waals surface area contributed by atoms with Gasteiger partial charge in [0.25, 0.3) is 0 Å². The number of aromatic amines is 1. The molecule has 0 aliphatic carbocycles. The molecule has 1 aliphatic rings. The third-order valence-corrected chi connectivity index (χ3v) is 7.34. The van der Waals surface area contributed by atoms with Crippen molar-refractivity contribution >= 4 is 23.1 Å². The summed E-state index contributed by atoms with van der Waals surface area (Å²) < 4.78 is 15.2. The van der Waals surface area contributed by atoms with Gasteiger partial charge in [0.1, 0.15) is 17.5 Å². The highest BCUT2D eigenvalue weighted by molar-refractivity contribution is 7.71. The van der Waals surface area contributed by atoms with Gasteiger partial charge in [-0.05, 0) is 72.2 Å². The third kappa shape index (κ3) is 3.19. The van der Waals surface area contributed by atoms with Gasteiger partial charge in [-0.3, -0.25) is 4.57 Å². The minimum absolute atomic E-state index is 0.165. The smallest absolute Gasteiger partial charge is 0.218 e. The highest BCUT2D eigenvalue weighted by Crippen LogP contribution is 2.44. The molecular weight excluding hydrogens is 458 g/mol. The molecule has 0 amide bonds. The molecule has 176 valence electrons. The number of imidazole rings is 1. The van der Waals surface area contributed by atoms with Crippen molar-refractivity contribution in [2.24, 2.45) is 0 Å². The molecule has 0 radical (unpaired) electrons. The lowest BCUT2D eigenvalue weighted by molar-refractivity contribution is 0.414.